The molecule has 2 aromatic carbocycles. The van der Waals surface area contributed by atoms with Gasteiger partial charge < -0.3 is 0 Å². The van der Waals surface area contributed by atoms with Crippen molar-refractivity contribution in [1.82, 2.24) is 4.98 Å². The standard InChI is InChI=1S/C17H13BrClN/c1-11-7-13-5-6-15(10-18)20-17(13)16(8-11)12-3-2-4-14(19)9-12/h2-9H,10H2,1H3. The molecule has 0 spiro atoms. The van der Waals surface area contributed by atoms with Gasteiger partial charge in [0, 0.05) is 21.3 Å². The third kappa shape index (κ3) is 2.58. The van der Waals surface area contributed by atoms with Gasteiger partial charge in [0.2, 0.25) is 0 Å². The molecule has 0 bridgehead atoms. The maximum Gasteiger partial charge on any atom is 0.0784 e. The van der Waals surface area contributed by atoms with E-state index in [1.165, 1.54) is 5.56 Å². The molecule has 0 radical (unpaired) electrons. The third-order valence-electron chi connectivity index (χ3n) is 3.27. The number of hydrogen-bond donors (Lipinski definition) is 0. The van der Waals surface area contributed by atoms with Gasteiger partial charge >= 0.3 is 0 Å². The molecule has 1 aromatic heterocycles. The van der Waals surface area contributed by atoms with Crippen LogP contribution < -0.4 is 0 Å². The first-order valence-corrected chi connectivity index (χ1v) is 7.89. The molecule has 0 saturated heterocycles. The molecule has 1 nitrogen and oxygen atoms in total. The van der Waals surface area contributed by atoms with E-state index in [1.54, 1.807) is 0 Å². The van der Waals surface area contributed by atoms with E-state index in [-0.39, 0.29) is 0 Å². The summed E-state index contributed by atoms with van der Waals surface area (Å²) >= 11 is 9.58. The third-order valence-corrected chi connectivity index (χ3v) is 4.08. The van der Waals surface area contributed by atoms with Crippen LogP contribution in [0.1, 0.15) is 11.3 Å². The van der Waals surface area contributed by atoms with E-state index in [1.807, 2.05) is 18.2 Å². The van der Waals surface area contributed by atoms with Crippen LogP contribution in [0.4, 0.5) is 0 Å². The van der Waals surface area contributed by atoms with Gasteiger partial charge in [-0.15, -0.1) is 0 Å². The minimum Gasteiger partial charge on any atom is -0.251 e. The Labute approximate surface area is 131 Å². The first-order valence-electron chi connectivity index (χ1n) is 6.39. The average Bonchev–Trinajstić information content (AvgIpc) is 2.46. The van der Waals surface area contributed by atoms with E-state index in [4.69, 9.17) is 16.6 Å². The Bertz CT molecular complexity index is 783. The van der Waals surface area contributed by atoms with Gasteiger partial charge in [0.05, 0.1) is 11.2 Å². The van der Waals surface area contributed by atoms with Crippen LogP contribution in [-0.2, 0) is 5.33 Å². The van der Waals surface area contributed by atoms with Crippen molar-refractivity contribution in [3.63, 3.8) is 0 Å². The summed E-state index contributed by atoms with van der Waals surface area (Å²) in [7, 11) is 0. The normalized spacial score (nSPS) is 10.9. The molecule has 0 saturated carbocycles. The Hall–Kier alpha value is -1.38. The number of halogens is 2. The largest absolute Gasteiger partial charge is 0.251 e. The molecule has 3 heteroatoms. The molecule has 1 heterocycles. The molecule has 3 rings (SSSR count). The minimum atomic E-state index is 0.744. The zero-order chi connectivity index (χ0) is 14.1. The Kier molecular flexibility index (Phi) is 3.77. The highest BCUT2D eigenvalue weighted by Crippen LogP contribution is 2.30. The topological polar surface area (TPSA) is 12.9 Å². The molecular weight excluding hydrogens is 334 g/mol. The summed E-state index contributed by atoms with van der Waals surface area (Å²) in [6, 6.07) is 16.4. The SMILES string of the molecule is Cc1cc(-c2cccc(Cl)c2)c2nc(CBr)ccc2c1. The van der Waals surface area contributed by atoms with Gasteiger partial charge in [-0.25, -0.2) is 0 Å². The molecule has 0 aliphatic rings. The van der Waals surface area contributed by atoms with Crippen molar-refractivity contribution in [2.75, 3.05) is 0 Å². The summed E-state index contributed by atoms with van der Waals surface area (Å²) in [6.45, 7) is 2.10. The minimum absolute atomic E-state index is 0.744. The molecule has 0 aliphatic carbocycles. The van der Waals surface area contributed by atoms with Crippen LogP contribution in [0, 0.1) is 6.92 Å². The fraction of sp³-hybridized carbons (Fsp3) is 0.118. The lowest BCUT2D eigenvalue weighted by molar-refractivity contribution is 1.23. The summed E-state index contributed by atoms with van der Waals surface area (Å²) in [4.78, 5) is 4.75. The number of nitrogens with zero attached hydrogens (tertiary/aromatic N) is 1. The fourth-order valence-electron chi connectivity index (χ4n) is 2.38. The van der Waals surface area contributed by atoms with Crippen molar-refractivity contribution in [3.8, 4) is 11.1 Å². The van der Waals surface area contributed by atoms with E-state index in [9.17, 15) is 0 Å². The Morgan fingerprint density at radius 1 is 1.10 bits per heavy atom. The van der Waals surface area contributed by atoms with Crippen molar-refractivity contribution >= 4 is 38.4 Å². The summed E-state index contributed by atoms with van der Waals surface area (Å²) < 4.78 is 0. The van der Waals surface area contributed by atoms with Crippen LogP contribution in [0.15, 0.2) is 48.5 Å². The van der Waals surface area contributed by atoms with E-state index < -0.39 is 0 Å². The smallest absolute Gasteiger partial charge is 0.0784 e. The van der Waals surface area contributed by atoms with E-state index in [2.05, 4.69) is 53.2 Å². The Balaban J connectivity index is 2.33. The monoisotopic (exact) mass is 345 g/mol. The summed E-state index contributed by atoms with van der Waals surface area (Å²) in [5.41, 5.74) is 5.51. The molecule has 3 aromatic rings. The molecule has 0 fully saturated rings. The van der Waals surface area contributed by atoms with Gasteiger partial charge in [-0.3, -0.25) is 4.98 Å². The maximum atomic E-state index is 6.12. The lowest BCUT2D eigenvalue weighted by Crippen LogP contribution is -1.91. The Morgan fingerprint density at radius 3 is 2.70 bits per heavy atom. The zero-order valence-electron chi connectivity index (χ0n) is 11.0. The van der Waals surface area contributed by atoms with Crippen molar-refractivity contribution in [2.24, 2.45) is 0 Å². The quantitative estimate of drug-likeness (QED) is 0.538. The number of hydrogen-bond acceptors (Lipinski definition) is 1. The van der Waals surface area contributed by atoms with E-state index >= 15 is 0 Å². The summed E-state index contributed by atoms with van der Waals surface area (Å²) in [6.07, 6.45) is 0. The highest BCUT2D eigenvalue weighted by molar-refractivity contribution is 9.08. The van der Waals surface area contributed by atoms with E-state index in [0.717, 1.165) is 38.1 Å². The fourth-order valence-corrected chi connectivity index (χ4v) is 2.88. The second-order valence-corrected chi connectivity index (χ2v) is 5.83. The van der Waals surface area contributed by atoms with Crippen LogP contribution >= 0.6 is 27.5 Å². The number of aromatic nitrogens is 1. The van der Waals surface area contributed by atoms with Gasteiger partial charge in [0.1, 0.15) is 0 Å². The van der Waals surface area contributed by atoms with Gasteiger partial charge in [-0.05, 0) is 48.4 Å². The molecule has 0 unspecified atom stereocenters. The lowest BCUT2D eigenvalue weighted by Gasteiger charge is -2.09. The summed E-state index contributed by atoms with van der Waals surface area (Å²) in [5, 5.41) is 2.66. The molecule has 0 N–H and O–H groups in total. The van der Waals surface area contributed by atoms with Gasteiger partial charge in [0.25, 0.3) is 0 Å². The number of pyridine rings is 1. The van der Waals surface area contributed by atoms with Crippen LogP contribution in [0.3, 0.4) is 0 Å². The van der Waals surface area contributed by atoms with Crippen LogP contribution in [0.5, 0.6) is 0 Å². The molecule has 20 heavy (non-hydrogen) atoms. The molecule has 100 valence electrons. The number of alkyl halides is 1. The highest BCUT2D eigenvalue weighted by Gasteiger charge is 2.08. The average molecular weight is 347 g/mol. The van der Waals surface area contributed by atoms with Crippen molar-refractivity contribution in [1.29, 1.82) is 0 Å². The molecule has 0 aliphatic heterocycles. The second-order valence-electron chi connectivity index (χ2n) is 4.83. The predicted molar refractivity (Wildman–Crippen MR) is 89.6 cm³/mol. The van der Waals surface area contributed by atoms with Crippen LogP contribution in [0.2, 0.25) is 5.02 Å². The Morgan fingerprint density at radius 2 is 1.95 bits per heavy atom. The molecular formula is C17H13BrClN. The number of benzene rings is 2. The van der Waals surface area contributed by atoms with Crippen LogP contribution in [0.25, 0.3) is 22.0 Å². The number of aryl methyl sites for hydroxylation is 1. The second kappa shape index (κ2) is 5.55. The molecule has 0 amide bonds. The predicted octanol–water partition coefficient (Wildman–Crippen LogP) is 5.76. The first-order chi connectivity index (χ1) is 9.67. The molecule has 0 atom stereocenters. The van der Waals surface area contributed by atoms with Gasteiger partial charge in [-0.2, -0.15) is 0 Å². The van der Waals surface area contributed by atoms with Crippen molar-refractivity contribution in [2.45, 2.75) is 12.3 Å². The highest BCUT2D eigenvalue weighted by atomic mass is 79.9. The van der Waals surface area contributed by atoms with Crippen molar-refractivity contribution in [3.05, 3.63) is 64.8 Å². The van der Waals surface area contributed by atoms with E-state index in [0.29, 0.717) is 0 Å². The summed E-state index contributed by atoms with van der Waals surface area (Å²) in [5.74, 6) is 0. The number of fused-ring (bicyclic) bond motifs is 1. The van der Waals surface area contributed by atoms with Gasteiger partial charge in [0.15, 0.2) is 0 Å². The van der Waals surface area contributed by atoms with Crippen molar-refractivity contribution < 1.29 is 0 Å². The van der Waals surface area contributed by atoms with Gasteiger partial charge in [-0.1, -0.05) is 45.7 Å². The first kappa shape index (κ1) is 13.6. The zero-order valence-corrected chi connectivity index (χ0v) is 13.4. The number of rotatable bonds is 2. The lowest BCUT2D eigenvalue weighted by atomic mass is 9.99. The van der Waals surface area contributed by atoms with Crippen LogP contribution in [-0.4, -0.2) is 4.98 Å². The maximum absolute atomic E-state index is 6.12.